The summed E-state index contributed by atoms with van der Waals surface area (Å²) in [6.07, 6.45) is 5.30. The molecule has 1 aliphatic rings. The number of nitro groups is 1. The largest absolute Gasteiger partial charge is 0.488 e. The first-order valence-electron chi connectivity index (χ1n) is 11.0. The number of nitrogens with zero attached hydrogens (tertiary/aromatic N) is 3. The van der Waals surface area contributed by atoms with Gasteiger partial charge in [-0.3, -0.25) is 14.9 Å². The molecular weight excluding hydrogens is 544 g/mol. The number of nitriles is 2. The molecule has 0 fully saturated rings. The molecule has 1 amide bonds. The Hall–Kier alpha value is -3.99. The highest BCUT2D eigenvalue weighted by Gasteiger charge is 2.22. The van der Waals surface area contributed by atoms with Crippen molar-refractivity contribution in [3.05, 3.63) is 89.8 Å². The molecule has 0 radical (unpaired) electrons. The Bertz CT molecular complexity index is 1450. The van der Waals surface area contributed by atoms with Crippen LogP contribution in [0.15, 0.2) is 52.5 Å². The second-order valence-corrected chi connectivity index (χ2v) is 10.0. The number of aryl methyl sites for hydroxylation is 1. The minimum Gasteiger partial charge on any atom is -0.488 e. The number of nitro benzene ring substituents is 1. The quantitative estimate of drug-likeness (QED) is 0.156. The molecule has 0 unspecified atom stereocenters. The van der Waals surface area contributed by atoms with Gasteiger partial charge in [-0.25, -0.2) is 0 Å². The fraction of sp³-hybridized carbons (Fsp3) is 0.192. The number of carbonyl (C=O) groups excluding carboxylic acids is 1. The number of nitrogens with one attached hydrogen (secondary N) is 1. The average molecular weight is 563 g/mol. The third-order valence-corrected chi connectivity index (χ3v) is 7.51. The van der Waals surface area contributed by atoms with Crippen LogP contribution in [0.4, 0.5) is 10.7 Å². The summed E-state index contributed by atoms with van der Waals surface area (Å²) in [6, 6.07) is 15.4. The number of fused-ring (bicyclic) bond motifs is 1. The summed E-state index contributed by atoms with van der Waals surface area (Å²) < 4.78 is 6.41. The van der Waals surface area contributed by atoms with Crippen LogP contribution in [0.2, 0.25) is 0 Å². The fourth-order valence-electron chi connectivity index (χ4n) is 3.86. The zero-order valence-electron chi connectivity index (χ0n) is 18.9. The monoisotopic (exact) mass is 562 g/mol. The van der Waals surface area contributed by atoms with Gasteiger partial charge in [-0.15, -0.1) is 11.3 Å². The maximum absolute atomic E-state index is 12.8. The Morgan fingerprint density at radius 1 is 1.19 bits per heavy atom. The van der Waals surface area contributed by atoms with Crippen LogP contribution < -0.4 is 10.1 Å². The number of hydrogen-bond donors (Lipinski definition) is 1. The molecule has 8 nitrogen and oxygen atoms in total. The lowest BCUT2D eigenvalue weighted by atomic mass is 9.96. The normalized spacial score (nSPS) is 12.7. The zero-order valence-corrected chi connectivity index (χ0v) is 21.3. The number of rotatable bonds is 7. The van der Waals surface area contributed by atoms with E-state index in [-0.39, 0.29) is 17.9 Å². The predicted octanol–water partition coefficient (Wildman–Crippen LogP) is 6.29. The molecule has 0 aliphatic heterocycles. The van der Waals surface area contributed by atoms with E-state index in [9.17, 15) is 25.4 Å². The molecule has 4 rings (SSSR count). The molecule has 3 aromatic rings. The second-order valence-electron chi connectivity index (χ2n) is 8.05. The first-order chi connectivity index (χ1) is 17.4. The molecule has 0 atom stereocenters. The lowest BCUT2D eigenvalue weighted by Gasteiger charge is -2.09. The molecule has 0 spiro atoms. The van der Waals surface area contributed by atoms with Gasteiger partial charge in [-0.2, -0.15) is 10.5 Å². The first-order valence-corrected chi connectivity index (χ1v) is 12.6. The molecule has 0 saturated carbocycles. The van der Waals surface area contributed by atoms with E-state index in [1.165, 1.54) is 29.5 Å². The third kappa shape index (κ3) is 5.62. The van der Waals surface area contributed by atoms with E-state index in [0.29, 0.717) is 26.4 Å². The highest BCUT2D eigenvalue weighted by Crippen LogP contribution is 2.38. The number of thiophene rings is 1. The Labute approximate surface area is 219 Å². The van der Waals surface area contributed by atoms with Crippen molar-refractivity contribution < 1.29 is 14.5 Å². The number of ether oxygens (including phenoxy) is 1. The number of anilines is 1. The van der Waals surface area contributed by atoms with Crippen LogP contribution in [-0.4, -0.2) is 10.8 Å². The number of amides is 1. The molecule has 1 aliphatic carbocycles. The van der Waals surface area contributed by atoms with Crippen molar-refractivity contribution in [1.29, 1.82) is 10.5 Å². The van der Waals surface area contributed by atoms with Crippen molar-refractivity contribution in [2.75, 3.05) is 5.32 Å². The van der Waals surface area contributed by atoms with Gasteiger partial charge < -0.3 is 10.1 Å². The molecule has 0 bridgehead atoms. The molecule has 36 heavy (non-hydrogen) atoms. The van der Waals surface area contributed by atoms with Crippen LogP contribution in [0.25, 0.3) is 6.08 Å². The number of non-ortho nitro benzene ring substituents is 1. The van der Waals surface area contributed by atoms with Gasteiger partial charge in [0.15, 0.2) is 0 Å². The molecule has 10 heteroatoms. The van der Waals surface area contributed by atoms with E-state index in [2.05, 4.69) is 27.3 Å². The molecule has 180 valence electrons. The maximum atomic E-state index is 12.8. The van der Waals surface area contributed by atoms with Crippen molar-refractivity contribution in [3.8, 4) is 17.9 Å². The summed E-state index contributed by atoms with van der Waals surface area (Å²) in [5, 5.41) is 33.2. The molecule has 1 N–H and O–H groups in total. The molecule has 1 aromatic heterocycles. The van der Waals surface area contributed by atoms with Crippen LogP contribution >= 0.6 is 27.3 Å². The standard InChI is InChI=1S/C26H19BrN4O4S/c27-22-12-17(7-10-23(22)35-15-16-5-8-19(9-6-16)31(33)34)11-18(13-28)25(32)30-26-21(14-29)20-3-1-2-4-24(20)36-26/h5-12H,1-4,15H2,(H,30,32)/b18-11+. The summed E-state index contributed by atoms with van der Waals surface area (Å²) in [4.78, 5) is 24.3. The molecule has 2 aromatic carbocycles. The predicted molar refractivity (Wildman–Crippen MR) is 139 cm³/mol. The van der Waals surface area contributed by atoms with E-state index in [4.69, 9.17) is 4.74 Å². The molecule has 0 saturated heterocycles. The average Bonchev–Trinajstić information content (AvgIpc) is 3.23. The van der Waals surface area contributed by atoms with E-state index < -0.39 is 10.8 Å². The van der Waals surface area contributed by atoms with Gasteiger partial charge >= 0.3 is 0 Å². The van der Waals surface area contributed by atoms with Crippen molar-refractivity contribution in [2.45, 2.75) is 32.3 Å². The van der Waals surface area contributed by atoms with Crippen molar-refractivity contribution in [2.24, 2.45) is 0 Å². The van der Waals surface area contributed by atoms with Crippen molar-refractivity contribution in [3.63, 3.8) is 0 Å². The van der Waals surface area contributed by atoms with Gasteiger partial charge in [-0.1, -0.05) is 6.07 Å². The van der Waals surface area contributed by atoms with Crippen molar-refractivity contribution in [1.82, 2.24) is 0 Å². The van der Waals surface area contributed by atoms with E-state index >= 15 is 0 Å². The van der Waals surface area contributed by atoms with Gasteiger partial charge in [0.05, 0.1) is 15.0 Å². The number of halogens is 1. The van der Waals surface area contributed by atoms with E-state index in [1.54, 1.807) is 30.3 Å². The Kier molecular flexibility index (Phi) is 7.79. The fourth-order valence-corrected chi connectivity index (χ4v) is 5.60. The molecular formula is C26H19BrN4O4S. The number of carbonyl (C=O) groups is 1. The van der Waals surface area contributed by atoms with Crippen LogP contribution in [-0.2, 0) is 24.2 Å². The van der Waals surface area contributed by atoms with Gasteiger partial charge in [0.25, 0.3) is 11.6 Å². The lowest BCUT2D eigenvalue weighted by Crippen LogP contribution is -2.13. The maximum Gasteiger partial charge on any atom is 0.269 e. The number of benzene rings is 2. The first kappa shape index (κ1) is 25.1. The minimum atomic E-state index is -0.567. The molecule has 1 heterocycles. The highest BCUT2D eigenvalue weighted by molar-refractivity contribution is 9.10. The Morgan fingerprint density at radius 3 is 2.61 bits per heavy atom. The second kappa shape index (κ2) is 11.2. The number of hydrogen-bond acceptors (Lipinski definition) is 7. The Morgan fingerprint density at radius 2 is 1.94 bits per heavy atom. The summed E-state index contributed by atoms with van der Waals surface area (Å²) in [7, 11) is 0. The summed E-state index contributed by atoms with van der Waals surface area (Å²) in [6.45, 7) is 0.212. The van der Waals surface area contributed by atoms with Crippen molar-refractivity contribution >= 4 is 49.9 Å². The van der Waals surface area contributed by atoms with Crippen LogP contribution in [0, 0.1) is 32.8 Å². The highest BCUT2D eigenvalue weighted by atomic mass is 79.9. The summed E-state index contributed by atoms with van der Waals surface area (Å²) in [5.74, 6) is -0.0292. The van der Waals surface area contributed by atoms with Gasteiger partial charge in [-0.05, 0) is 88.6 Å². The van der Waals surface area contributed by atoms with Gasteiger partial charge in [0.1, 0.15) is 35.1 Å². The SMILES string of the molecule is N#C/C(=C\c1ccc(OCc2ccc([N+](=O)[O-])cc2)c(Br)c1)C(=O)Nc1sc2c(c1C#N)CCCC2. The van der Waals surface area contributed by atoms with E-state index in [1.807, 2.05) is 6.07 Å². The smallest absolute Gasteiger partial charge is 0.269 e. The van der Waals surface area contributed by atoms with Gasteiger partial charge in [0, 0.05) is 17.0 Å². The lowest BCUT2D eigenvalue weighted by molar-refractivity contribution is -0.384. The third-order valence-electron chi connectivity index (χ3n) is 5.68. The topological polar surface area (TPSA) is 129 Å². The minimum absolute atomic E-state index is 0.0101. The van der Waals surface area contributed by atoms with Crippen LogP contribution in [0.5, 0.6) is 5.75 Å². The Balaban J connectivity index is 1.45. The van der Waals surface area contributed by atoms with Gasteiger partial charge in [0.2, 0.25) is 0 Å². The summed E-state index contributed by atoms with van der Waals surface area (Å²) >= 11 is 4.85. The zero-order chi connectivity index (χ0) is 25.7. The van der Waals surface area contributed by atoms with Crippen LogP contribution in [0.3, 0.4) is 0 Å². The van der Waals surface area contributed by atoms with Crippen LogP contribution in [0.1, 0.15) is 40.0 Å². The summed E-state index contributed by atoms with van der Waals surface area (Å²) in [5.41, 5.74) is 2.82. The van der Waals surface area contributed by atoms with E-state index in [0.717, 1.165) is 41.7 Å².